The fourth-order valence-electron chi connectivity index (χ4n) is 4.61. The Morgan fingerprint density at radius 3 is 2.58 bits per heavy atom. The molecule has 0 bridgehead atoms. The maximum Gasteiger partial charge on any atom is 0.258 e. The maximum atomic E-state index is 13.3. The summed E-state index contributed by atoms with van der Waals surface area (Å²) in [5.74, 6) is 0.777. The molecule has 3 N–H and O–H groups in total. The highest BCUT2D eigenvalue weighted by Crippen LogP contribution is 2.25. The molecule has 2 aromatic heterocycles. The number of aromatic nitrogens is 5. The van der Waals surface area contributed by atoms with Crippen molar-refractivity contribution in [3.05, 3.63) is 51.6 Å². The van der Waals surface area contributed by atoms with Gasteiger partial charge in [-0.05, 0) is 67.6 Å². The lowest BCUT2D eigenvalue weighted by atomic mass is 9.98. The second kappa shape index (κ2) is 8.51. The molecule has 166 valence electrons. The molecule has 0 amide bonds. The van der Waals surface area contributed by atoms with Crippen molar-refractivity contribution in [1.82, 2.24) is 25.2 Å². The number of aryl methyl sites for hydroxylation is 1. The lowest BCUT2D eigenvalue weighted by Crippen LogP contribution is -3.28. The van der Waals surface area contributed by atoms with Gasteiger partial charge in [-0.3, -0.25) is 4.79 Å². The molecule has 1 aliphatic rings. The van der Waals surface area contributed by atoms with Crippen LogP contribution < -0.4 is 15.4 Å². The van der Waals surface area contributed by atoms with Crippen LogP contribution in [0.15, 0.2) is 29.1 Å². The Balaban J connectivity index is 1.86. The van der Waals surface area contributed by atoms with Crippen molar-refractivity contribution in [3.8, 4) is 0 Å². The molecule has 1 fully saturated rings. The normalized spacial score (nSPS) is 20.8. The minimum Gasteiger partial charge on any atom is -0.326 e. The van der Waals surface area contributed by atoms with Crippen molar-refractivity contribution in [2.24, 2.45) is 0 Å². The molecule has 0 spiro atoms. The fourth-order valence-corrected chi connectivity index (χ4v) is 4.61. The average Bonchev–Trinajstić information content (AvgIpc) is 3.25. The molecular formula is C23H35N7O+2. The molecule has 1 aliphatic heterocycles. The topological polar surface area (TPSA) is 85.3 Å². The zero-order valence-electron chi connectivity index (χ0n) is 19.3. The largest absolute Gasteiger partial charge is 0.326 e. The van der Waals surface area contributed by atoms with Crippen LogP contribution in [0.5, 0.6) is 0 Å². The van der Waals surface area contributed by atoms with Gasteiger partial charge < -0.3 is 14.8 Å². The van der Waals surface area contributed by atoms with Crippen LogP contribution in [0.2, 0.25) is 0 Å². The summed E-state index contributed by atoms with van der Waals surface area (Å²) >= 11 is 0. The third-order valence-corrected chi connectivity index (χ3v) is 7.04. The van der Waals surface area contributed by atoms with Crippen molar-refractivity contribution < 1.29 is 9.80 Å². The third kappa shape index (κ3) is 4.14. The van der Waals surface area contributed by atoms with Gasteiger partial charge in [0.1, 0.15) is 26.2 Å². The number of likely N-dealkylation sites (N-methyl/N-ethyl adjacent to an activating group) is 1. The SMILES string of the molecule is CC[NH+]1CC[NH+]([C@@H](c2cc3ccc(C)cc3[nH]c2=O)c2nnnn2C(C)(C)CC)CC1. The highest BCUT2D eigenvalue weighted by molar-refractivity contribution is 5.79. The van der Waals surface area contributed by atoms with Crippen molar-refractivity contribution in [2.75, 3.05) is 32.7 Å². The number of piperazine rings is 1. The molecular weight excluding hydrogens is 390 g/mol. The summed E-state index contributed by atoms with van der Waals surface area (Å²) in [5.41, 5.74) is 2.47. The molecule has 8 nitrogen and oxygen atoms in total. The van der Waals surface area contributed by atoms with E-state index in [0.717, 1.165) is 67.0 Å². The van der Waals surface area contributed by atoms with Crippen LogP contribution in [0, 0.1) is 6.92 Å². The van der Waals surface area contributed by atoms with Crippen molar-refractivity contribution >= 4 is 10.9 Å². The molecule has 0 unspecified atom stereocenters. The van der Waals surface area contributed by atoms with E-state index in [-0.39, 0.29) is 17.1 Å². The number of hydrogen-bond donors (Lipinski definition) is 3. The number of benzene rings is 1. The lowest BCUT2D eigenvalue weighted by Gasteiger charge is -2.35. The van der Waals surface area contributed by atoms with E-state index in [2.05, 4.69) is 60.3 Å². The van der Waals surface area contributed by atoms with Crippen LogP contribution in [0.4, 0.5) is 0 Å². The number of rotatable bonds is 6. The molecule has 31 heavy (non-hydrogen) atoms. The summed E-state index contributed by atoms with van der Waals surface area (Å²) in [4.78, 5) is 19.4. The zero-order chi connectivity index (χ0) is 22.2. The lowest BCUT2D eigenvalue weighted by molar-refractivity contribution is -1.02. The number of H-pyrrole nitrogens is 1. The molecule has 4 rings (SSSR count). The van der Waals surface area contributed by atoms with E-state index in [1.807, 2.05) is 23.7 Å². The quantitative estimate of drug-likeness (QED) is 0.513. The summed E-state index contributed by atoms with van der Waals surface area (Å²) in [6.45, 7) is 16.0. The monoisotopic (exact) mass is 425 g/mol. The van der Waals surface area contributed by atoms with Gasteiger partial charge in [0.2, 0.25) is 5.82 Å². The van der Waals surface area contributed by atoms with E-state index < -0.39 is 0 Å². The summed E-state index contributed by atoms with van der Waals surface area (Å²) < 4.78 is 1.93. The number of tetrazole rings is 1. The van der Waals surface area contributed by atoms with Crippen molar-refractivity contribution in [3.63, 3.8) is 0 Å². The summed E-state index contributed by atoms with van der Waals surface area (Å²) in [7, 11) is 0. The number of hydrogen-bond acceptors (Lipinski definition) is 4. The Morgan fingerprint density at radius 2 is 1.90 bits per heavy atom. The first-order chi connectivity index (χ1) is 14.8. The van der Waals surface area contributed by atoms with Crippen molar-refractivity contribution in [1.29, 1.82) is 0 Å². The van der Waals surface area contributed by atoms with Gasteiger partial charge in [0, 0.05) is 5.52 Å². The predicted molar refractivity (Wildman–Crippen MR) is 121 cm³/mol. The van der Waals surface area contributed by atoms with Gasteiger partial charge in [-0.15, -0.1) is 5.10 Å². The van der Waals surface area contributed by atoms with Gasteiger partial charge in [0.25, 0.3) is 5.56 Å². The summed E-state index contributed by atoms with van der Waals surface area (Å²) in [6, 6.07) is 8.03. The summed E-state index contributed by atoms with van der Waals surface area (Å²) in [5, 5.41) is 13.9. The second-order valence-corrected chi connectivity index (χ2v) is 9.45. The van der Waals surface area contributed by atoms with Gasteiger partial charge >= 0.3 is 0 Å². The molecule has 1 atom stereocenters. The molecule has 0 saturated carbocycles. The Labute approximate surface area is 183 Å². The Morgan fingerprint density at radius 1 is 1.16 bits per heavy atom. The Hall–Kier alpha value is -2.58. The number of aromatic amines is 1. The number of pyridine rings is 1. The first-order valence-electron chi connectivity index (χ1n) is 11.4. The number of nitrogens with one attached hydrogen (secondary N) is 3. The highest BCUT2D eigenvalue weighted by Gasteiger charge is 2.39. The van der Waals surface area contributed by atoms with Crippen molar-refractivity contribution in [2.45, 2.75) is 52.6 Å². The number of quaternary nitrogens is 2. The van der Waals surface area contributed by atoms with Gasteiger partial charge in [0.05, 0.1) is 17.6 Å². The molecule has 8 heteroatoms. The van der Waals surface area contributed by atoms with Gasteiger partial charge in [0.15, 0.2) is 6.04 Å². The number of fused-ring (bicyclic) bond motifs is 1. The molecule has 1 saturated heterocycles. The standard InChI is InChI=1S/C23H33N7O/c1-6-23(4,5)30-21(25-26-27-30)20(29-12-10-28(7-2)11-13-29)18-15-17-9-8-16(3)14-19(17)24-22(18)31/h8-9,14-15,20H,6-7,10-13H2,1-5H3,(H,24,31)/p+2/t20-/m0/s1. The first kappa shape index (κ1) is 21.6. The highest BCUT2D eigenvalue weighted by atomic mass is 16.1. The number of nitrogens with zero attached hydrogens (tertiary/aromatic N) is 4. The molecule has 3 heterocycles. The summed E-state index contributed by atoms with van der Waals surface area (Å²) in [6.07, 6.45) is 0.897. The van der Waals surface area contributed by atoms with Crippen LogP contribution in [0.1, 0.15) is 57.1 Å². The maximum absolute atomic E-state index is 13.3. The van der Waals surface area contributed by atoms with Gasteiger partial charge in [-0.1, -0.05) is 19.1 Å². The van der Waals surface area contributed by atoms with Crippen LogP contribution in [0.25, 0.3) is 10.9 Å². The van der Waals surface area contributed by atoms with E-state index in [9.17, 15) is 4.79 Å². The molecule has 0 aliphatic carbocycles. The average molecular weight is 426 g/mol. The minimum absolute atomic E-state index is 0.0512. The van der Waals surface area contributed by atoms with Crippen LogP contribution >= 0.6 is 0 Å². The smallest absolute Gasteiger partial charge is 0.258 e. The van der Waals surface area contributed by atoms with E-state index in [0.29, 0.717) is 0 Å². The Bertz CT molecular complexity index is 1110. The van der Waals surface area contributed by atoms with Gasteiger partial charge in [-0.25, -0.2) is 4.68 Å². The van der Waals surface area contributed by atoms with Crippen LogP contribution in [0.3, 0.4) is 0 Å². The van der Waals surface area contributed by atoms with Crippen LogP contribution in [-0.4, -0.2) is 57.9 Å². The minimum atomic E-state index is -0.228. The van der Waals surface area contributed by atoms with E-state index in [1.54, 1.807) is 4.90 Å². The molecule has 1 aromatic carbocycles. The fraction of sp³-hybridized carbons (Fsp3) is 0.565. The zero-order valence-corrected chi connectivity index (χ0v) is 19.3. The molecule has 0 radical (unpaired) electrons. The van der Waals surface area contributed by atoms with E-state index in [4.69, 9.17) is 0 Å². The predicted octanol–water partition coefficient (Wildman–Crippen LogP) is -0.139. The van der Waals surface area contributed by atoms with E-state index >= 15 is 0 Å². The first-order valence-corrected chi connectivity index (χ1v) is 11.4. The van der Waals surface area contributed by atoms with E-state index in [1.165, 1.54) is 4.90 Å². The Kier molecular flexibility index (Phi) is 5.94. The third-order valence-electron chi connectivity index (χ3n) is 7.04. The van der Waals surface area contributed by atoms with Gasteiger partial charge in [-0.2, -0.15) is 0 Å². The second-order valence-electron chi connectivity index (χ2n) is 9.45. The molecule has 3 aromatic rings. The van der Waals surface area contributed by atoms with Crippen LogP contribution in [-0.2, 0) is 5.54 Å².